The number of pyridine rings is 1. The van der Waals surface area contributed by atoms with Gasteiger partial charge in [0, 0.05) is 47.9 Å². The van der Waals surface area contributed by atoms with Gasteiger partial charge >= 0.3 is 0 Å². The number of hydrogen-bond donors (Lipinski definition) is 1. The summed E-state index contributed by atoms with van der Waals surface area (Å²) in [5, 5.41) is 3.68. The smallest absolute Gasteiger partial charge is 0.257 e. The van der Waals surface area contributed by atoms with Crippen LogP contribution < -0.4 is 15.1 Å². The van der Waals surface area contributed by atoms with Crippen LogP contribution in [0.5, 0.6) is 0 Å². The van der Waals surface area contributed by atoms with Gasteiger partial charge in [0.25, 0.3) is 5.91 Å². The summed E-state index contributed by atoms with van der Waals surface area (Å²) in [5.41, 5.74) is 4.95. The SMILES string of the molecule is O=C(Nc1ccc2c(c1)CCN2C(=O)Cc1ccccn1)c1ccc(Cl)cc1N1CCCCC1. The van der Waals surface area contributed by atoms with Crippen molar-refractivity contribution < 1.29 is 9.59 Å². The van der Waals surface area contributed by atoms with E-state index in [4.69, 9.17) is 11.6 Å². The van der Waals surface area contributed by atoms with Crippen LogP contribution in [0.1, 0.15) is 40.9 Å². The van der Waals surface area contributed by atoms with E-state index in [-0.39, 0.29) is 18.2 Å². The molecule has 3 aromatic rings. The fraction of sp³-hybridized carbons (Fsp3) is 0.296. The quantitative estimate of drug-likeness (QED) is 0.558. The number of nitrogens with one attached hydrogen (secondary N) is 1. The molecular formula is C27H27ClN4O2. The molecule has 2 aliphatic heterocycles. The largest absolute Gasteiger partial charge is 0.371 e. The highest BCUT2D eigenvalue weighted by Crippen LogP contribution is 2.32. The molecule has 6 nitrogen and oxygen atoms in total. The van der Waals surface area contributed by atoms with E-state index in [2.05, 4.69) is 15.2 Å². The molecule has 0 radical (unpaired) electrons. The van der Waals surface area contributed by atoms with Crippen LogP contribution in [0.2, 0.25) is 5.02 Å². The third-order valence-corrected chi connectivity index (χ3v) is 6.73. The van der Waals surface area contributed by atoms with Crippen LogP contribution in [0.15, 0.2) is 60.8 Å². The molecule has 1 N–H and O–H groups in total. The fourth-order valence-corrected chi connectivity index (χ4v) is 4.95. The molecule has 3 heterocycles. The Kier molecular flexibility index (Phi) is 6.50. The summed E-state index contributed by atoms with van der Waals surface area (Å²) in [7, 11) is 0. The second kappa shape index (κ2) is 9.85. The van der Waals surface area contributed by atoms with Crippen molar-refractivity contribution in [2.75, 3.05) is 34.8 Å². The minimum atomic E-state index is -0.154. The first-order chi connectivity index (χ1) is 16.6. The molecule has 7 heteroatoms. The molecule has 0 atom stereocenters. The summed E-state index contributed by atoms with van der Waals surface area (Å²) < 4.78 is 0. The molecule has 2 aliphatic rings. The Morgan fingerprint density at radius 1 is 0.941 bits per heavy atom. The maximum Gasteiger partial charge on any atom is 0.257 e. The summed E-state index contributed by atoms with van der Waals surface area (Å²) in [6.45, 7) is 2.50. The number of amides is 2. The van der Waals surface area contributed by atoms with Crippen molar-refractivity contribution in [3.05, 3.63) is 82.6 Å². The molecule has 1 fully saturated rings. The van der Waals surface area contributed by atoms with E-state index in [0.29, 0.717) is 17.1 Å². The highest BCUT2D eigenvalue weighted by molar-refractivity contribution is 6.31. The Morgan fingerprint density at radius 2 is 1.79 bits per heavy atom. The van der Waals surface area contributed by atoms with E-state index < -0.39 is 0 Å². The van der Waals surface area contributed by atoms with Crippen LogP contribution in [0.3, 0.4) is 0 Å². The summed E-state index contributed by atoms with van der Waals surface area (Å²) in [6.07, 6.45) is 6.19. The number of piperidine rings is 1. The van der Waals surface area contributed by atoms with Gasteiger partial charge in [-0.2, -0.15) is 0 Å². The number of halogens is 1. The normalized spacial score (nSPS) is 15.2. The summed E-state index contributed by atoms with van der Waals surface area (Å²) in [5.74, 6) is -0.125. The lowest BCUT2D eigenvalue weighted by Crippen LogP contribution is -2.31. The molecule has 34 heavy (non-hydrogen) atoms. The molecule has 0 bridgehead atoms. The number of nitrogens with zero attached hydrogens (tertiary/aromatic N) is 3. The molecule has 0 spiro atoms. The predicted molar refractivity (Wildman–Crippen MR) is 136 cm³/mol. The van der Waals surface area contributed by atoms with E-state index >= 15 is 0 Å². The van der Waals surface area contributed by atoms with Crippen molar-refractivity contribution in [1.82, 2.24) is 4.98 Å². The molecule has 2 aromatic carbocycles. The molecule has 174 valence electrons. The second-order valence-corrected chi connectivity index (χ2v) is 9.24. The van der Waals surface area contributed by atoms with Crippen LogP contribution in [0.4, 0.5) is 17.1 Å². The number of carbonyl (C=O) groups excluding carboxylic acids is 2. The Labute approximate surface area is 204 Å². The standard InChI is InChI=1S/C27H27ClN4O2/c28-20-7-9-23(25(17-20)31-13-4-1-5-14-31)27(34)30-22-8-10-24-19(16-22)11-15-32(24)26(33)18-21-6-2-3-12-29-21/h2-3,6-10,12,16-17H,1,4-5,11,13-15,18H2,(H,30,34). The van der Waals surface area contributed by atoms with Gasteiger partial charge in [0.15, 0.2) is 0 Å². The van der Waals surface area contributed by atoms with E-state index in [0.717, 1.165) is 60.7 Å². The molecule has 2 amide bonds. The number of carbonyl (C=O) groups is 2. The topological polar surface area (TPSA) is 65.5 Å². The van der Waals surface area contributed by atoms with Crippen molar-refractivity contribution in [3.8, 4) is 0 Å². The van der Waals surface area contributed by atoms with Gasteiger partial charge < -0.3 is 15.1 Å². The van der Waals surface area contributed by atoms with Gasteiger partial charge in [-0.25, -0.2) is 0 Å². The van der Waals surface area contributed by atoms with Crippen LogP contribution in [-0.4, -0.2) is 36.4 Å². The monoisotopic (exact) mass is 474 g/mol. The van der Waals surface area contributed by atoms with E-state index in [1.165, 1.54) is 6.42 Å². The van der Waals surface area contributed by atoms with Crippen molar-refractivity contribution in [2.45, 2.75) is 32.1 Å². The third kappa shape index (κ3) is 4.77. The first-order valence-electron chi connectivity index (χ1n) is 11.8. The van der Waals surface area contributed by atoms with Gasteiger partial charge in [-0.05, 0) is 79.8 Å². The van der Waals surface area contributed by atoms with Gasteiger partial charge in [-0.15, -0.1) is 0 Å². The number of fused-ring (bicyclic) bond motifs is 1. The number of rotatable bonds is 5. The number of benzene rings is 2. The number of anilines is 3. The van der Waals surface area contributed by atoms with E-state index in [1.807, 2.05) is 47.4 Å². The molecule has 1 saturated heterocycles. The molecule has 0 aliphatic carbocycles. The molecule has 1 aromatic heterocycles. The zero-order valence-corrected chi connectivity index (χ0v) is 19.7. The van der Waals surface area contributed by atoms with Gasteiger partial charge in [0.1, 0.15) is 0 Å². The third-order valence-electron chi connectivity index (χ3n) is 6.49. The highest BCUT2D eigenvalue weighted by atomic mass is 35.5. The van der Waals surface area contributed by atoms with E-state index in [1.54, 1.807) is 18.3 Å². The minimum Gasteiger partial charge on any atom is -0.371 e. The maximum atomic E-state index is 13.2. The maximum absolute atomic E-state index is 13.2. The first-order valence-corrected chi connectivity index (χ1v) is 12.2. The summed E-state index contributed by atoms with van der Waals surface area (Å²) in [4.78, 5) is 34.4. The van der Waals surface area contributed by atoms with Gasteiger partial charge in [0.05, 0.1) is 17.7 Å². The number of hydrogen-bond acceptors (Lipinski definition) is 4. The van der Waals surface area contributed by atoms with Gasteiger partial charge in [-0.3, -0.25) is 14.6 Å². The van der Waals surface area contributed by atoms with Gasteiger partial charge in [-0.1, -0.05) is 17.7 Å². The zero-order valence-electron chi connectivity index (χ0n) is 19.0. The Bertz CT molecular complexity index is 1210. The molecule has 0 saturated carbocycles. The lowest BCUT2D eigenvalue weighted by molar-refractivity contribution is -0.117. The van der Waals surface area contributed by atoms with Crippen molar-refractivity contribution in [1.29, 1.82) is 0 Å². The predicted octanol–water partition coefficient (Wildman–Crippen LogP) is 5.11. The minimum absolute atomic E-state index is 0.0292. The zero-order chi connectivity index (χ0) is 23.5. The van der Waals surface area contributed by atoms with Crippen molar-refractivity contribution >= 4 is 40.5 Å². The van der Waals surface area contributed by atoms with Crippen molar-refractivity contribution in [3.63, 3.8) is 0 Å². The Hall–Kier alpha value is -3.38. The molecule has 5 rings (SSSR count). The highest BCUT2D eigenvalue weighted by Gasteiger charge is 2.26. The molecule has 0 unspecified atom stereocenters. The van der Waals surface area contributed by atoms with E-state index in [9.17, 15) is 9.59 Å². The average Bonchev–Trinajstić information content (AvgIpc) is 3.28. The first kappa shape index (κ1) is 22.4. The van der Waals surface area contributed by atoms with Gasteiger partial charge in [0.2, 0.25) is 5.91 Å². The lowest BCUT2D eigenvalue weighted by Gasteiger charge is -2.30. The Morgan fingerprint density at radius 3 is 2.59 bits per heavy atom. The second-order valence-electron chi connectivity index (χ2n) is 8.80. The lowest BCUT2D eigenvalue weighted by atomic mass is 10.1. The number of aromatic nitrogens is 1. The summed E-state index contributed by atoms with van der Waals surface area (Å²) >= 11 is 6.26. The average molecular weight is 475 g/mol. The van der Waals surface area contributed by atoms with Crippen LogP contribution >= 0.6 is 11.6 Å². The summed E-state index contributed by atoms with van der Waals surface area (Å²) in [6, 6.07) is 16.8. The fourth-order valence-electron chi connectivity index (χ4n) is 4.78. The van der Waals surface area contributed by atoms with Crippen LogP contribution in [-0.2, 0) is 17.6 Å². The molecular weight excluding hydrogens is 448 g/mol. The van der Waals surface area contributed by atoms with Crippen LogP contribution in [0.25, 0.3) is 0 Å². The van der Waals surface area contributed by atoms with Crippen LogP contribution in [0, 0.1) is 0 Å². The van der Waals surface area contributed by atoms with Crippen molar-refractivity contribution in [2.24, 2.45) is 0 Å². The Balaban J connectivity index is 1.31.